The van der Waals surface area contributed by atoms with Gasteiger partial charge in [0.2, 0.25) is 0 Å². The smallest absolute Gasteiger partial charge is 0.346 e. The van der Waals surface area contributed by atoms with Crippen molar-refractivity contribution in [2.75, 3.05) is 0 Å². The molecule has 0 aliphatic heterocycles. The standard InChI is InChI=1S/C26H14BrNO3/c27-15-10-11-18-19(12-15)20-14-24-21(13-22(20)26(30)31-25(18)29)17-8-4-5-9-23(17)28(24)16-6-2-1-3-7-16/h1-14H. The first-order valence-electron chi connectivity index (χ1n) is 9.81. The van der Waals surface area contributed by atoms with Crippen LogP contribution in [0.25, 0.3) is 49.0 Å². The molecule has 0 unspecified atom stereocenters. The van der Waals surface area contributed by atoms with Crippen molar-refractivity contribution in [3.63, 3.8) is 0 Å². The lowest BCUT2D eigenvalue weighted by Crippen LogP contribution is -2.04. The van der Waals surface area contributed by atoms with Crippen LogP contribution in [0.15, 0.2) is 103 Å². The molecule has 0 fully saturated rings. The van der Waals surface area contributed by atoms with Gasteiger partial charge in [0, 0.05) is 20.9 Å². The number of nitrogens with zero attached hydrogens (tertiary/aromatic N) is 1. The molecule has 148 valence electrons. The maximum absolute atomic E-state index is 12.9. The second kappa shape index (κ2) is 6.65. The molecule has 0 N–H and O–H groups in total. The molecule has 4 nitrogen and oxygen atoms in total. The van der Waals surface area contributed by atoms with Crippen molar-refractivity contribution < 1.29 is 4.42 Å². The molecule has 2 aromatic heterocycles. The molecule has 4 aromatic carbocycles. The zero-order chi connectivity index (χ0) is 21.1. The Hall–Kier alpha value is -3.70. The molecule has 0 aliphatic rings. The second-order valence-corrected chi connectivity index (χ2v) is 8.39. The van der Waals surface area contributed by atoms with Crippen LogP contribution in [0.5, 0.6) is 0 Å². The van der Waals surface area contributed by atoms with Gasteiger partial charge in [0.05, 0.1) is 21.8 Å². The highest BCUT2D eigenvalue weighted by Gasteiger charge is 2.16. The fourth-order valence-corrected chi connectivity index (χ4v) is 4.73. The van der Waals surface area contributed by atoms with Gasteiger partial charge in [-0.05, 0) is 59.3 Å². The lowest BCUT2D eigenvalue weighted by Gasteiger charge is -2.08. The monoisotopic (exact) mass is 467 g/mol. The van der Waals surface area contributed by atoms with Crippen molar-refractivity contribution in [2.45, 2.75) is 0 Å². The van der Waals surface area contributed by atoms with E-state index in [9.17, 15) is 9.59 Å². The summed E-state index contributed by atoms with van der Waals surface area (Å²) < 4.78 is 8.16. The first kappa shape index (κ1) is 18.1. The summed E-state index contributed by atoms with van der Waals surface area (Å²) in [5.41, 5.74) is 1.76. The summed E-state index contributed by atoms with van der Waals surface area (Å²) in [5, 5.41) is 4.07. The minimum absolute atomic E-state index is 0.372. The molecular formula is C26H14BrNO3. The molecule has 0 bridgehead atoms. The fourth-order valence-electron chi connectivity index (χ4n) is 4.37. The van der Waals surface area contributed by atoms with Gasteiger partial charge in [0.1, 0.15) is 0 Å². The molecule has 0 atom stereocenters. The molecule has 0 aliphatic carbocycles. The summed E-state index contributed by atoms with van der Waals surface area (Å²) in [4.78, 5) is 25.4. The van der Waals surface area contributed by atoms with Crippen LogP contribution in [0, 0.1) is 0 Å². The number of hydrogen-bond donors (Lipinski definition) is 0. The molecule has 0 saturated heterocycles. The van der Waals surface area contributed by atoms with Gasteiger partial charge in [0.25, 0.3) is 0 Å². The van der Waals surface area contributed by atoms with Crippen molar-refractivity contribution >= 4 is 59.3 Å². The van der Waals surface area contributed by atoms with Crippen molar-refractivity contribution in [2.24, 2.45) is 0 Å². The lowest BCUT2D eigenvalue weighted by atomic mass is 10.0. The van der Waals surface area contributed by atoms with Crippen LogP contribution in [0.4, 0.5) is 0 Å². The Morgan fingerprint density at radius 2 is 1.29 bits per heavy atom. The molecule has 2 heterocycles. The van der Waals surface area contributed by atoms with Gasteiger partial charge >= 0.3 is 11.3 Å². The van der Waals surface area contributed by atoms with Crippen molar-refractivity contribution in [3.8, 4) is 5.69 Å². The third-order valence-corrected chi connectivity index (χ3v) is 6.22. The van der Waals surface area contributed by atoms with Crippen molar-refractivity contribution in [1.82, 2.24) is 4.57 Å². The Kier molecular flexibility index (Phi) is 3.88. The van der Waals surface area contributed by atoms with Gasteiger partial charge in [-0.3, -0.25) is 0 Å². The molecule has 6 rings (SSSR count). The summed E-state index contributed by atoms with van der Waals surface area (Å²) in [6, 6.07) is 27.3. The fraction of sp³-hybridized carbons (Fsp3) is 0. The highest BCUT2D eigenvalue weighted by atomic mass is 79.9. The number of para-hydroxylation sites is 2. The van der Waals surface area contributed by atoms with Gasteiger partial charge in [-0.2, -0.15) is 0 Å². The normalized spacial score (nSPS) is 11.6. The second-order valence-electron chi connectivity index (χ2n) is 7.47. The van der Waals surface area contributed by atoms with E-state index in [1.165, 1.54) is 0 Å². The summed E-state index contributed by atoms with van der Waals surface area (Å²) in [7, 11) is 0. The third-order valence-electron chi connectivity index (χ3n) is 5.72. The van der Waals surface area contributed by atoms with Gasteiger partial charge < -0.3 is 8.98 Å². The van der Waals surface area contributed by atoms with Crippen LogP contribution in [-0.2, 0) is 0 Å². The first-order valence-corrected chi connectivity index (χ1v) is 10.6. The van der Waals surface area contributed by atoms with E-state index in [0.717, 1.165) is 32.0 Å². The summed E-state index contributed by atoms with van der Waals surface area (Å²) >= 11 is 3.49. The zero-order valence-electron chi connectivity index (χ0n) is 16.1. The molecular weight excluding hydrogens is 454 g/mol. The van der Waals surface area contributed by atoms with E-state index in [0.29, 0.717) is 21.5 Å². The topological polar surface area (TPSA) is 52.2 Å². The van der Waals surface area contributed by atoms with Gasteiger partial charge in [-0.25, -0.2) is 9.59 Å². The number of benzene rings is 4. The molecule has 6 aromatic rings. The van der Waals surface area contributed by atoms with Crippen LogP contribution in [0.3, 0.4) is 0 Å². The SMILES string of the molecule is O=c1oc(=O)c2cc3c4ccccc4n(-c4ccccc4)c3cc2c2cc(Br)ccc12. The van der Waals surface area contributed by atoms with Crippen LogP contribution in [0.1, 0.15) is 0 Å². The number of fused-ring (bicyclic) bond motifs is 6. The maximum Gasteiger partial charge on any atom is 0.346 e. The Morgan fingerprint density at radius 3 is 2.13 bits per heavy atom. The van der Waals surface area contributed by atoms with Gasteiger partial charge in [-0.15, -0.1) is 0 Å². The number of aromatic nitrogens is 1. The maximum atomic E-state index is 12.9. The molecule has 0 saturated carbocycles. The zero-order valence-corrected chi connectivity index (χ0v) is 17.7. The Labute approximate surface area is 184 Å². The minimum atomic E-state index is -0.635. The van der Waals surface area contributed by atoms with Gasteiger partial charge in [-0.1, -0.05) is 52.3 Å². The largest absolute Gasteiger partial charge is 0.386 e. The molecule has 0 amide bonds. The van der Waals surface area contributed by atoms with Crippen molar-refractivity contribution in [3.05, 3.63) is 110 Å². The predicted molar refractivity (Wildman–Crippen MR) is 128 cm³/mol. The van der Waals surface area contributed by atoms with E-state index in [4.69, 9.17) is 4.42 Å². The van der Waals surface area contributed by atoms with Crippen molar-refractivity contribution in [1.29, 1.82) is 0 Å². The summed E-state index contributed by atoms with van der Waals surface area (Å²) in [6.45, 7) is 0. The first-order chi connectivity index (χ1) is 15.1. The van der Waals surface area contributed by atoms with E-state index < -0.39 is 11.3 Å². The summed E-state index contributed by atoms with van der Waals surface area (Å²) in [6.07, 6.45) is 0. The van der Waals surface area contributed by atoms with Crippen LogP contribution in [-0.4, -0.2) is 4.57 Å². The molecule has 31 heavy (non-hydrogen) atoms. The highest BCUT2D eigenvalue weighted by molar-refractivity contribution is 9.10. The summed E-state index contributed by atoms with van der Waals surface area (Å²) in [5.74, 6) is 0. The van der Waals surface area contributed by atoms with Gasteiger partial charge in [0.15, 0.2) is 0 Å². The van der Waals surface area contributed by atoms with Crippen LogP contribution in [0.2, 0.25) is 0 Å². The van der Waals surface area contributed by atoms with Crippen LogP contribution < -0.4 is 11.3 Å². The Balaban J connectivity index is 1.93. The Bertz CT molecular complexity index is 1780. The average molecular weight is 468 g/mol. The number of halogens is 1. The van der Waals surface area contributed by atoms with E-state index in [-0.39, 0.29) is 0 Å². The van der Waals surface area contributed by atoms with E-state index in [1.54, 1.807) is 12.1 Å². The number of hydrogen-bond acceptors (Lipinski definition) is 3. The van der Waals surface area contributed by atoms with Crippen LogP contribution >= 0.6 is 15.9 Å². The molecule has 0 spiro atoms. The average Bonchev–Trinajstić information content (AvgIpc) is 3.07. The predicted octanol–water partition coefficient (Wildman–Crippen LogP) is 6.17. The lowest BCUT2D eigenvalue weighted by molar-refractivity contribution is 0.491. The van der Waals surface area contributed by atoms with E-state index in [2.05, 4.69) is 38.7 Å². The quantitative estimate of drug-likeness (QED) is 0.290. The number of rotatable bonds is 1. The Morgan fingerprint density at radius 1 is 0.581 bits per heavy atom. The highest BCUT2D eigenvalue weighted by Crippen LogP contribution is 2.35. The van der Waals surface area contributed by atoms with E-state index >= 15 is 0 Å². The van der Waals surface area contributed by atoms with E-state index in [1.807, 2.05) is 54.6 Å². The third kappa shape index (κ3) is 2.67. The molecule has 5 heteroatoms. The minimum Gasteiger partial charge on any atom is -0.386 e. The molecule has 0 radical (unpaired) electrons.